The zero-order valence-electron chi connectivity index (χ0n) is 20.0. The van der Waals surface area contributed by atoms with Crippen LogP contribution in [0, 0.1) is 22.7 Å². The molecule has 2 aromatic heterocycles. The number of aromatic nitrogens is 2. The van der Waals surface area contributed by atoms with E-state index in [1.54, 1.807) is 0 Å². The number of fused-ring (bicyclic) bond motifs is 1. The molecule has 0 saturated carbocycles. The monoisotopic (exact) mass is 462 g/mol. The Balaban J connectivity index is 1.65. The molecular weight excluding hydrogens is 432 g/mol. The van der Waals surface area contributed by atoms with E-state index in [9.17, 15) is 5.26 Å². The molecular formula is C29H30N6. The molecule has 3 heterocycles. The van der Waals surface area contributed by atoms with Gasteiger partial charge in [0.05, 0.1) is 29.0 Å². The highest BCUT2D eigenvalue weighted by molar-refractivity contribution is 6.02. The topological polar surface area (TPSA) is 89.5 Å². The number of anilines is 1. The SMILES string of the molecule is CNc1ccc(-c2ncc3c(ccn3CC3CCCNCC3)c2-c2ccc(C#N)cc2)cc1C=N. The molecule has 0 bridgehead atoms. The van der Waals surface area contributed by atoms with E-state index in [1.807, 2.05) is 49.6 Å². The maximum atomic E-state index is 9.29. The molecule has 1 aliphatic rings. The van der Waals surface area contributed by atoms with Crippen molar-refractivity contribution in [1.82, 2.24) is 14.9 Å². The van der Waals surface area contributed by atoms with Crippen molar-refractivity contribution in [2.75, 3.05) is 25.5 Å². The van der Waals surface area contributed by atoms with Gasteiger partial charge >= 0.3 is 0 Å². The first-order valence-corrected chi connectivity index (χ1v) is 12.2. The van der Waals surface area contributed by atoms with Crippen LogP contribution in [0.15, 0.2) is 60.9 Å². The fourth-order valence-electron chi connectivity index (χ4n) is 5.15. The van der Waals surface area contributed by atoms with Gasteiger partial charge in [0.25, 0.3) is 0 Å². The van der Waals surface area contributed by atoms with E-state index in [0.29, 0.717) is 11.5 Å². The molecule has 0 radical (unpaired) electrons. The van der Waals surface area contributed by atoms with Gasteiger partial charge in [-0.05, 0) is 74.2 Å². The predicted octanol–water partition coefficient (Wildman–Crippen LogP) is 5.67. The molecule has 5 rings (SSSR count). The summed E-state index contributed by atoms with van der Waals surface area (Å²) in [4.78, 5) is 4.98. The molecule has 1 aliphatic heterocycles. The molecule has 2 aromatic carbocycles. The summed E-state index contributed by atoms with van der Waals surface area (Å²) < 4.78 is 2.35. The van der Waals surface area contributed by atoms with E-state index in [0.717, 1.165) is 64.2 Å². The second-order valence-electron chi connectivity index (χ2n) is 9.18. The first-order valence-electron chi connectivity index (χ1n) is 12.2. The van der Waals surface area contributed by atoms with E-state index in [2.05, 4.69) is 39.6 Å². The standard InChI is InChI=1S/C29H30N6/c1-32-26-9-8-23(15-24(26)17-31)29-28(22-6-4-20(16-30)5-7-22)25-11-14-35(27(25)18-34-29)19-21-3-2-12-33-13-10-21/h4-9,11,14-15,17-18,21,31-33H,2-3,10,12-13,19H2,1H3. The minimum Gasteiger partial charge on any atom is -0.388 e. The molecule has 35 heavy (non-hydrogen) atoms. The Morgan fingerprint density at radius 3 is 2.74 bits per heavy atom. The molecule has 0 spiro atoms. The first-order chi connectivity index (χ1) is 17.2. The number of rotatable bonds is 6. The Bertz CT molecular complexity index is 1390. The van der Waals surface area contributed by atoms with Gasteiger partial charge in [0.2, 0.25) is 0 Å². The molecule has 0 aliphatic carbocycles. The smallest absolute Gasteiger partial charge is 0.0991 e. The predicted molar refractivity (Wildman–Crippen MR) is 143 cm³/mol. The third-order valence-corrected chi connectivity index (χ3v) is 7.03. The van der Waals surface area contributed by atoms with Crippen molar-refractivity contribution in [3.05, 3.63) is 72.1 Å². The molecule has 176 valence electrons. The van der Waals surface area contributed by atoms with Crippen LogP contribution in [-0.2, 0) is 6.54 Å². The molecule has 1 fully saturated rings. The Labute approximate surface area is 206 Å². The number of pyridine rings is 1. The van der Waals surface area contributed by atoms with Crippen molar-refractivity contribution >= 4 is 22.8 Å². The largest absolute Gasteiger partial charge is 0.388 e. The summed E-state index contributed by atoms with van der Waals surface area (Å²) in [6, 6.07) is 18.2. The minimum atomic E-state index is 0.638. The first kappa shape index (κ1) is 22.8. The molecule has 6 nitrogen and oxygen atoms in total. The van der Waals surface area contributed by atoms with Gasteiger partial charge in [-0.15, -0.1) is 0 Å². The summed E-state index contributed by atoms with van der Waals surface area (Å²) in [5.74, 6) is 0.655. The number of nitrogens with zero attached hydrogens (tertiary/aromatic N) is 3. The highest BCUT2D eigenvalue weighted by atomic mass is 15.0. The van der Waals surface area contributed by atoms with Crippen LogP contribution < -0.4 is 10.6 Å². The summed E-state index contributed by atoms with van der Waals surface area (Å²) in [6.07, 6.45) is 9.20. The highest BCUT2D eigenvalue weighted by Gasteiger charge is 2.19. The summed E-state index contributed by atoms with van der Waals surface area (Å²) >= 11 is 0. The van der Waals surface area contributed by atoms with Gasteiger partial charge in [0, 0.05) is 53.8 Å². The number of hydrogen-bond acceptors (Lipinski definition) is 5. The van der Waals surface area contributed by atoms with Gasteiger partial charge in [-0.25, -0.2) is 0 Å². The third-order valence-electron chi connectivity index (χ3n) is 7.03. The van der Waals surface area contributed by atoms with Crippen molar-refractivity contribution in [1.29, 1.82) is 10.7 Å². The zero-order valence-corrected chi connectivity index (χ0v) is 20.0. The minimum absolute atomic E-state index is 0.638. The number of hydrogen-bond donors (Lipinski definition) is 3. The zero-order chi connectivity index (χ0) is 24.2. The van der Waals surface area contributed by atoms with Crippen molar-refractivity contribution in [3.63, 3.8) is 0 Å². The van der Waals surface area contributed by atoms with Crippen LogP contribution in [0.2, 0.25) is 0 Å². The Morgan fingerprint density at radius 2 is 1.97 bits per heavy atom. The molecule has 4 aromatic rings. The maximum absolute atomic E-state index is 9.29. The number of nitrogens with one attached hydrogen (secondary N) is 3. The van der Waals surface area contributed by atoms with Crippen LogP contribution in [0.25, 0.3) is 33.3 Å². The van der Waals surface area contributed by atoms with Crippen molar-refractivity contribution in [3.8, 4) is 28.5 Å². The van der Waals surface area contributed by atoms with Crippen molar-refractivity contribution < 1.29 is 0 Å². The van der Waals surface area contributed by atoms with Crippen molar-refractivity contribution in [2.45, 2.75) is 25.8 Å². The van der Waals surface area contributed by atoms with E-state index in [4.69, 9.17) is 10.4 Å². The normalized spacial score (nSPS) is 15.9. The third kappa shape index (κ3) is 4.55. The van der Waals surface area contributed by atoms with Crippen LogP contribution in [0.5, 0.6) is 0 Å². The Hall–Kier alpha value is -3.95. The lowest BCUT2D eigenvalue weighted by molar-refractivity contribution is 0.410. The van der Waals surface area contributed by atoms with Crippen LogP contribution in [-0.4, -0.2) is 35.9 Å². The maximum Gasteiger partial charge on any atom is 0.0991 e. The van der Waals surface area contributed by atoms with Gasteiger partial charge in [-0.2, -0.15) is 5.26 Å². The average Bonchev–Trinajstić information content (AvgIpc) is 3.13. The quantitative estimate of drug-likeness (QED) is 0.322. The second kappa shape index (κ2) is 10.1. The molecule has 1 unspecified atom stereocenters. The van der Waals surface area contributed by atoms with Gasteiger partial charge in [-0.3, -0.25) is 4.98 Å². The fraction of sp³-hybridized carbons (Fsp3) is 0.276. The molecule has 1 atom stereocenters. The Morgan fingerprint density at radius 1 is 1.14 bits per heavy atom. The van der Waals surface area contributed by atoms with Crippen LogP contribution in [0.3, 0.4) is 0 Å². The number of benzene rings is 2. The van der Waals surface area contributed by atoms with E-state index < -0.39 is 0 Å². The Kier molecular flexibility index (Phi) is 6.60. The molecule has 0 amide bonds. The molecule has 1 saturated heterocycles. The highest BCUT2D eigenvalue weighted by Crippen LogP contribution is 2.38. The lowest BCUT2D eigenvalue weighted by Gasteiger charge is -2.17. The van der Waals surface area contributed by atoms with Crippen LogP contribution in [0.1, 0.15) is 30.4 Å². The number of nitriles is 1. The lowest BCUT2D eigenvalue weighted by atomic mass is 9.94. The average molecular weight is 463 g/mol. The van der Waals surface area contributed by atoms with Gasteiger partial charge in [0.1, 0.15) is 0 Å². The van der Waals surface area contributed by atoms with Crippen molar-refractivity contribution in [2.24, 2.45) is 5.92 Å². The van der Waals surface area contributed by atoms with Gasteiger partial charge in [0.15, 0.2) is 0 Å². The second-order valence-corrected chi connectivity index (χ2v) is 9.18. The molecule has 3 N–H and O–H groups in total. The van der Waals surface area contributed by atoms with E-state index in [1.165, 1.54) is 25.5 Å². The molecule has 6 heteroatoms. The van der Waals surface area contributed by atoms with Gasteiger partial charge < -0.3 is 20.6 Å². The van der Waals surface area contributed by atoms with Crippen LogP contribution >= 0.6 is 0 Å². The fourth-order valence-corrected chi connectivity index (χ4v) is 5.15. The summed E-state index contributed by atoms with van der Waals surface area (Å²) in [7, 11) is 1.86. The van der Waals surface area contributed by atoms with Crippen LogP contribution in [0.4, 0.5) is 5.69 Å². The summed E-state index contributed by atoms with van der Waals surface area (Å²) in [6.45, 7) is 3.19. The van der Waals surface area contributed by atoms with E-state index >= 15 is 0 Å². The summed E-state index contributed by atoms with van der Waals surface area (Å²) in [5.41, 5.74) is 7.43. The van der Waals surface area contributed by atoms with Gasteiger partial charge in [-0.1, -0.05) is 18.2 Å². The summed E-state index contributed by atoms with van der Waals surface area (Å²) in [5, 5.41) is 25.0. The van der Waals surface area contributed by atoms with E-state index in [-0.39, 0.29) is 0 Å². The lowest BCUT2D eigenvalue weighted by Crippen LogP contribution is -2.15.